The first-order valence-electron chi connectivity index (χ1n) is 6.95. The lowest BCUT2D eigenvalue weighted by Gasteiger charge is -2.18. The molecule has 110 valence electrons. The van der Waals surface area contributed by atoms with Gasteiger partial charge >= 0.3 is 5.97 Å². The van der Waals surface area contributed by atoms with Crippen molar-refractivity contribution in [1.29, 1.82) is 0 Å². The Kier molecular flexibility index (Phi) is 4.62. The lowest BCUT2D eigenvalue weighted by atomic mass is 9.90. The lowest BCUT2D eigenvalue weighted by molar-refractivity contribution is -0.142. The quantitative estimate of drug-likeness (QED) is 0.768. The van der Waals surface area contributed by atoms with Gasteiger partial charge in [-0.2, -0.15) is 0 Å². The van der Waals surface area contributed by atoms with E-state index >= 15 is 0 Å². The maximum atomic E-state index is 11.4. The Morgan fingerprint density at radius 3 is 2.80 bits per heavy atom. The van der Waals surface area contributed by atoms with Crippen LogP contribution < -0.4 is 15.6 Å². The first-order valence-corrected chi connectivity index (χ1v) is 6.95. The highest BCUT2D eigenvalue weighted by molar-refractivity contribution is 5.72. The second-order valence-corrected chi connectivity index (χ2v) is 5.70. The fourth-order valence-electron chi connectivity index (χ4n) is 2.40. The zero-order chi connectivity index (χ0) is 14.7. The molecule has 5 nitrogen and oxygen atoms in total. The van der Waals surface area contributed by atoms with Gasteiger partial charge in [-0.25, -0.2) is 5.43 Å². The van der Waals surface area contributed by atoms with Crippen LogP contribution in [-0.4, -0.2) is 23.7 Å². The molecule has 5 heteroatoms. The zero-order valence-electron chi connectivity index (χ0n) is 12.1. The van der Waals surface area contributed by atoms with E-state index in [2.05, 4.69) is 24.7 Å². The fraction of sp³-hybridized carbons (Fsp3) is 0.533. The number of hydrogen-bond acceptors (Lipinski definition) is 4. The maximum absolute atomic E-state index is 11.4. The molecular formula is C15H22N2O3. The third kappa shape index (κ3) is 3.29. The Hall–Kier alpha value is -1.59. The Bertz CT molecular complexity index is 476. The molecule has 3 N–H and O–H groups in total. The van der Waals surface area contributed by atoms with Crippen molar-refractivity contribution >= 4 is 5.97 Å². The van der Waals surface area contributed by atoms with Crippen LogP contribution in [0.15, 0.2) is 24.3 Å². The molecule has 1 aromatic rings. The number of hydrazine groups is 1. The molecule has 2 rings (SSSR count). The summed E-state index contributed by atoms with van der Waals surface area (Å²) in [4.78, 5) is 11.4. The topological polar surface area (TPSA) is 70.6 Å². The van der Waals surface area contributed by atoms with Crippen LogP contribution in [0.1, 0.15) is 32.4 Å². The van der Waals surface area contributed by atoms with Crippen molar-refractivity contribution in [1.82, 2.24) is 10.9 Å². The Balaban J connectivity index is 2.16. The van der Waals surface area contributed by atoms with Gasteiger partial charge in [0.15, 0.2) is 0 Å². The Morgan fingerprint density at radius 2 is 2.15 bits per heavy atom. The first kappa shape index (κ1) is 14.8. The fourth-order valence-corrected chi connectivity index (χ4v) is 2.40. The van der Waals surface area contributed by atoms with Crippen LogP contribution in [-0.2, 0) is 4.79 Å². The summed E-state index contributed by atoms with van der Waals surface area (Å²) in [5.41, 5.74) is 6.98. The first-order chi connectivity index (χ1) is 9.49. The number of carboxylic acid groups (broad SMARTS) is 1. The van der Waals surface area contributed by atoms with Crippen molar-refractivity contribution in [3.05, 3.63) is 29.8 Å². The Labute approximate surface area is 119 Å². The molecule has 3 atom stereocenters. The number of hydrogen-bond donors (Lipinski definition) is 3. The van der Waals surface area contributed by atoms with Crippen LogP contribution in [0.2, 0.25) is 0 Å². The minimum absolute atomic E-state index is 0.113. The normalized spacial score (nSPS) is 25.9. The van der Waals surface area contributed by atoms with E-state index in [1.165, 1.54) is 0 Å². The molecule has 0 aliphatic carbocycles. The maximum Gasteiger partial charge on any atom is 0.310 e. The number of ether oxygens (including phenoxy) is 1. The predicted octanol–water partition coefficient (Wildman–Crippen LogP) is 1.96. The highest BCUT2D eigenvalue weighted by atomic mass is 16.5. The summed E-state index contributed by atoms with van der Waals surface area (Å²) >= 11 is 0. The molecule has 0 aromatic heterocycles. The molecule has 1 aromatic carbocycles. The van der Waals surface area contributed by atoms with Crippen LogP contribution >= 0.6 is 0 Å². The minimum atomic E-state index is -0.798. The largest absolute Gasteiger partial charge is 0.493 e. The number of aliphatic carboxylic acids is 1. The van der Waals surface area contributed by atoms with E-state index in [4.69, 9.17) is 4.74 Å². The van der Waals surface area contributed by atoms with Gasteiger partial charge in [0.1, 0.15) is 5.75 Å². The molecule has 1 saturated heterocycles. The molecule has 0 radical (unpaired) electrons. The molecule has 1 aliphatic rings. The van der Waals surface area contributed by atoms with Crippen LogP contribution in [0.25, 0.3) is 0 Å². The molecule has 1 fully saturated rings. The molecule has 1 aliphatic heterocycles. The van der Waals surface area contributed by atoms with Gasteiger partial charge < -0.3 is 9.84 Å². The van der Waals surface area contributed by atoms with E-state index in [-0.39, 0.29) is 12.1 Å². The number of nitrogens with one attached hydrogen (secondary N) is 2. The van der Waals surface area contributed by atoms with Gasteiger partial charge in [-0.1, -0.05) is 26.0 Å². The van der Waals surface area contributed by atoms with Crippen molar-refractivity contribution in [2.45, 2.75) is 32.9 Å². The predicted molar refractivity (Wildman–Crippen MR) is 76.4 cm³/mol. The number of carboxylic acids is 1. The number of rotatable bonds is 5. The van der Waals surface area contributed by atoms with Gasteiger partial charge in [-0.3, -0.25) is 10.2 Å². The smallest absolute Gasteiger partial charge is 0.310 e. The van der Waals surface area contributed by atoms with Crippen molar-refractivity contribution in [2.24, 2.45) is 11.8 Å². The zero-order valence-corrected chi connectivity index (χ0v) is 12.1. The highest BCUT2D eigenvalue weighted by Crippen LogP contribution is 2.30. The molecule has 20 heavy (non-hydrogen) atoms. The third-order valence-electron chi connectivity index (χ3n) is 3.45. The van der Waals surface area contributed by atoms with E-state index in [0.29, 0.717) is 12.5 Å². The van der Waals surface area contributed by atoms with Crippen LogP contribution in [0.3, 0.4) is 0 Å². The summed E-state index contributed by atoms with van der Waals surface area (Å²) < 4.78 is 5.69. The summed E-state index contributed by atoms with van der Waals surface area (Å²) in [5.74, 6) is -0.0535. The third-order valence-corrected chi connectivity index (χ3v) is 3.45. The monoisotopic (exact) mass is 278 g/mol. The van der Waals surface area contributed by atoms with Crippen LogP contribution in [0.5, 0.6) is 5.75 Å². The molecule has 0 saturated carbocycles. The van der Waals surface area contributed by atoms with E-state index in [1.807, 2.05) is 31.2 Å². The second-order valence-electron chi connectivity index (χ2n) is 5.70. The lowest BCUT2D eigenvalue weighted by Crippen LogP contribution is -2.30. The molecular weight excluding hydrogens is 256 g/mol. The minimum Gasteiger partial charge on any atom is -0.493 e. The SMILES string of the molecule is CC(C)COc1cccc(C2NNC(C)C2C(=O)O)c1. The number of benzene rings is 1. The van der Waals surface area contributed by atoms with Gasteiger partial charge in [0.25, 0.3) is 0 Å². The molecule has 0 bridgehead atoms. The second kappa shape index (κ2) is 6.24. The van der Waals surface area contributed by atoms with E-state index in [1.54, 1.807) is 0 Å². The average Bonchev–Trinajstić information content (AvgIpc) is 2.79. The number of carbonyl (C=O) groups is 1. The summed E-state index contributed by atoms with van der Waals surface area (Å²) in [6.07, 6.45) is 0. The van der Waals surface area contributed by atoms with E-state index in [0.717, 1.165) is 11.3 Å². The van der Waals surface area contributed by atoms with Crippen molar-refractivity contribution in [2.75, 3.05) is 6.61 Å². The van der Waals surface area contributed by atoms with Crippen LogP contribution in [0, 0.1) is 11.8 Å². The molecule has 0 spiro atoms. The van der Waals surface area contributed by atoms with Gasteiger partial charge in [0.2, 0.25) is 0 Å². The molecule has 1 heterocycles. The Morgan fingerprint density at radius 1 is 1.40 bits per heavy atom. The summed E-state index contributed by atoms with van der Waals surface area (Å²) in [5, 5.41) is 9.35. The van der Waals surface area contributed by atoms with Crippen molar-refractivity contribution in [3.8, 4) is 5.75 Å². The van der Waals surface area contributed by atoms with Gasteiger partial charge in [-0.15, -0.1) is 0 Å². The standard InChI is InChI=1S/C15H22N2O3/c1-9(2)8-20-12-6-4-5-11(7-12)14-13(15(18)19)10(3)16-17-14/h4-7,9-10,13-14,16-17H,8H2,1-3H3,(H,18,19). The molecule has 0 amide bonds. The van der Waals surface area contributed by atoms with Gasteiger partial charge in [-0.05, 0) is 30.5 Å². The summed E-state index contributed by atoms with van der Waals surface area (Å²) in [6.45, 7) is 6.70. The summed E-state index contributed by atoms with van der Waals surface area (Å²) in [6, 6.07) is 7.27. The molecule has 3 unspecified atom stereocenters. The van der Waals surface area contributed by atoms with Crippen molar-refractivity contribution in [3.63, 3.8) is 0 Å². The van der Waals surface area contributed by atoms with Gasteiger partial charge in [0.05, 0.1) is 18.6 Å². The van der Waals surface area contributed by atoms with E-state index < -0.39 is 11.9 Å². The van der Waals surface area contributed by atoms with E-state index in [9.17, 15) is 9.90 Å². The highest BCUT2D eigenvalue weighted by Gasteiger charge is 2.39. The van der Waals surface area contributed by atoms with Crippen molar-refractivity contribution < 1.29 is 14.6 Å². The average molecular weight is 278 g/mol. The van der Waals surface area contributed by atoms with Gasteiger partial charge in [0, 0.05) is 6.04 Å². The van der Waals surface area contributed by atoms with Crippen LogP contribution in [0.4, 0.5) is 0 Å². The summed E-state index contributed by atoms with van der Waals surface area (Å²) in [7, 11) is 0.